The van der Waals surface area contributed by atoms with Crippen LogP contribution < -0.4 is 5.32 Å². The minimum absolute atomic E-state index is 0.0207. The van der Waals surface area contributed by atoms with Crippen molar-refractivity contribution >= 4 is 23.6 Å². The quantitative estimate of drug-likeness (QED) is 0.896. The average molecular weight is 268 g/mol. The Hall–Kier alpha value is -1.43. The van der Waals surface area contributed by atoms with Crippen molar-refractivity contribution in [3.8, 4) is 0 Å². The lowest BCUT2D eigenvalue weighted by molar-refractivity contribution is -0.135. The van der Waals surface area contributed by atoms with Crippen LogP contribution in [0.1, 0.15) is 25.0 Å². The van der Waals surface area contributed by atoms with Crippen molar-refractivity contribution in [2.45, 2.75) is 24.5 Å². The fraction of sp³-hybridized carbons (Fsp3) is 0.500. The SMILES string of the molecule is CCNC(=O)CN1C(=O)C(C)SC1c1ccco1. The van der Waals surface area contributed by atoms with E-state index in [-0.39, 0.29) is 29.0 Å². The molecule has 0 radical (unpaired) electrons. The van der Waals surface area contributed by atoms with Crippen LogP contribution >= 0.6 is 11.8 Å². The van der Waals surface area contributed by atoms with Gasteiger partial charge in [-0.25, -0.2) is 0 Å². The summed E-state index contributed by atoms with van der Waals surface area (Å²) in [6, 6.07) is 3.61. The third-order valence-electron chi connectivity index (χ3n) is 2.72. The third kappa shape index (κ3) is 2.53. The van der Waals surface area contributed by atoms with Crippen LogP contribution in [-0.4, -0.2) is 35.1 Å². The number of amides is 2. The Balaban J connectivity index is 2.13. The summed E-state index contributed by atoms with van der Waals surface area (Å²) in [7, 11) is 0. The second kappa shape index (κ2) is 5.48. The first-order chi connectivity index (χ1) is 8.63. The topological polar surface area (TPSA) is 62.6 Å². The highest BCUT2D eigenvalue weighted by molar-refractivity contribution is 8.01. The van der Waals surface area contributed by atoms with E-state index in [1.807, 2.05) is 19.9 Å². The Morgan fingerprint density at radius 1 is 1.61 bits per heavy atom. The zero-order valence-corrected chi connectivity index (χ0v) is 11.2. The normalized spacial score (nSPS) is 23.4. The summed E-state index contributed by atoms with van der Waals surface area (Å²) >= 11 is 1.50. The Kier molecular flexibility index (Phi) is 3.96. The van der Waals surface area contributed by atoms with Gasteiger partial charge in [-0.05, 0) is 26.0 Å². The van der Waals surface area contributed by atoms with E-state index in [9.17, 15) is 9.59 Å². The van der Waals surface area contributed by atoms with Crippen LogP contribution in [0, 0.1) is 0 Å². The fourth-order valence-electron chi connectivity index (χ4n) is 1.90. The molecule has 6 heteroatoms. The molecule has 2 atom stereocenters. The number of furan rings is 1. The molecular formula is C12H16N2O3S. The van der Waals surface area contributed by atoms with Gasteiger partial charge >= 0.3 is 0 Å². The molecule has 1 aromatic heterocycles. The van der Waals surface area contributed by atoms with E-state index in [4.69, 9.17) is 4.42 Å². The molecule has 1 N–H and O–H groups in total. The van der Waals surface area contributed by atoms with Gasteiger partial charge in [-0.15, -0.1) is 11.8 Å². The molecule has 2 amide bonds. The predicted molar refractivity (Wildman–Crippen MR) is 68.9 cm³/mol. The van der Waals surface area contributed by atoms with Crippen LogP contribution in [0.4, 0.5) is 0 Å². The molecule has 1 fully saturated rings. The average Bonchev–Trinajstić information content (AvgIpc) is 2.93. The summed E-state index contributed by atoms with van der Waals surface area (Å²) in [4.78, 5) is 25.2. The Morgan fingerprint density at radius 3 is 3.00 bits per heavy atom. The highest BCUT2D eigenvalue weighted by Gasteiger charge is 2.40. The molecule has 1 aliphatic heterocycles. The van der Waals surface area contributed by atoms with Crippen LogP contribution in [-0.2, 0) is 9.59 Å². The van der Waals surface area contributed by atoms with E-state index in [0.29, 0.717) is 12.3 Å². The van der Waals surface area contributed by atoms with Gasteiger partial charge in [0.1, 0.15) is 17.7 Å². The first-order valence-electron chi connectivity index (χ1n) is 5.89. The van der Waals surface area contributed by atoms with Gasteiger partial charge in [0.25, 0.3) is 0 Å². The summed E-state index contributed by atoms with van der Waals surface area (Å²) in [5.74, 6) is 0.548. The van der Waals surface area contributed by atoms with Crippen LogP contribution in [0.5, 0.6) is 0 Å². The molecule has 18 heavy (non-hydrogen) atoms. The summed E-state index contributed by atoms with van der Waals surface area (Å²) in [5.41, 5.74) is 0. The molecule has 1 aliphatic rings. The standard InChI is InChI=1S/C12H16N2O3S/c1-3-13-10(15)7-14-11(16)8(2)18-12(14)9-5-4-6-17-9/h4-6,8,12H,3,7H2,1-2H3,(H,13,15). The number of nitrogens with zero attached hydrogens (tertiary/aromatic N) is 1. The highest BCUT2D eigenvalue weighted by atomic mass is 32.2. The van der Waals surface area contributed by atoms with E-state index >= 15 is 0 Å². The number of carbonyl (C=O) groups excluding carboxylic acids is 2. The molecule has 0 aliphatic carbocycles. The monoisotopic (exact) mass is 268 g/mol. The number of rotatable bonds is 4. The smallest absolute Gasteiger partial charge is 0.239 e. The van der Waals surface area contributed by atoms with E-state index < -0.39 is 0 Å². The lowest BCUT2D eigenvalue weighted by Crippen LogP contribution is -2.40. The fourth-order valence-corrected chi connectivity index (χ4v) is 3.13. The van der Waals surface area contributed by atoms with E-state index in [2.05, 4.69) is 5.32 Å². The van der Waals surface area contributed by atoms with Crippen molar-refractivity contribution in [2.24, 2.45) is 0 Å². The van der Waals surface area contributed by atoms with Crippen molar-refractivity contribution in [1.82, 2.24) is 10.2 Å². The lowest BCUT2D eigenvalue weighted by Gasteiger charge is -2.21. The Bertz CT molecular complexity index is 433. The predicted octanol–water partition coefficient (Wildman–Crippen LogP) is 1.38. The van der Waals surface area contributed by atoms with Gasteiger partial charge in [-0.2, -0.15) is 0 Å². The van der Waals surface area contributed by atoms with E-state index in [1.165, 1.54) is 11.8 Å². The summed E-state index contributed by atoms with van der Waals surface area (Å²) < 4.78 is 5.34. The molecule has 0 aromatic carbocycles. The first kappa shape index (κ1) is 13.0. The molecule has 5 nitrogen and oxygen atoms in total. The van der Waals surface area contributed by atoms with Crippen molar-refractivity contribution < 1.29 is 14.0 Å². The van der Waals surface area contributed by atoms with Crippen LogP contribution in [0.25, 0.3) is 0 Å². The van der Waals surface area contributed by atoms with Gasteiger partial charge in [0.2, 0.25) is 11.8 Å². The maximum atomic E-state index is 12.0. The van der Waals surface area contributed by atoms with Crippen molar-refractivity contribution in [2.75, 3.05) is 13.1 Å². The van der Waals surface area contributed by atoms with Crippen LogP contribution in [0.2, 0.25) is 0 Å². The minimum atomic E-state index is -0.204. The maximum Gasteiger partial charge on any atom is 0.239 e. The first-order valence-corrected chi connectivity index (χ1v) is 6.83. The van der Waals surface area contributed by atoms with Gasteiger partial charge in [-0.1, -0.05) is 0 Å². The lowest BCUT2D eigenvalue weighted by atomic mass is 10.3. The molecule has 1 saturated heterocycles. The third-order valence-corrected chi connectivity index (χ3v) is 4.08. The summed E-state index contributed by atoms with van der Waals surface area (Å²) in [5, 5.41) is 2.35. The molecule has 1 aromatic rings. The molecule has 0 spiro atoms. The number of nitrogens with one attached hydrogen (secondary N) is 1. The van der Waals surface area contributed by atoms with Gasteiger partial charge in [0.05, 0.1) is 11.5 Å². The number of hydrogen-bond acceptors (Lipinski definition) is 4. The zero-order valence-electron chi connectivity index (χ0n) is 10.4. The number of hydrogen-bond donors (Lipinski definition) is 1. The number of carbonyl (C=O) groups is 2. The molecule has 2 unspecified atom stereocenters. The maximum absolute atomic E-state index is 12.0. The molecular weight excluding hydrogens is 252 g/mol. The van der Waals surface area contributed by atoms with Crippen molar-refractivity contribution in [1.29, 1.82) is 0 Å². The number of thioether (sulfide) groups is 1. The largest absolute Gasteiger partial charge is 0.466 e. The Morgan fingerprint density at radius 2 is 2.39 bits per heavy atom. The molecule has 0 saturated carbocycles. The van der Waals surface area contributed by atoms with Crippen molar-refractivity contribution in [3.05, 3.63) is 24.2 Å². The molecule has 98 valence electrons. The minimum Gasteiger partial charge on any atom is -0.466 e. The second-order valence-corrected chi connectivity index (χ2v) is 5.49. The van der Waals surface area contributed by atoms with Crippen molar-refractivity contribution in [3.63, 3.8) is 0 Å². The van der Waals surface area contributed by atoms with Crippen LogP contribution in [0.15, 0.2) is 22.8 Å². The van der Waals surface area contributed by atoms with Gasteiger partial charge in [-0.3, -0.25) is 9.59 Å². The molecule has 0 bridgehead atoms. The molecule has 2 heterocycles. The van der Waals surface area contributed by atoms with Gasteiger partial charge < -0.3 is 14.6 Å². The van der Waals surface area contributed by atoms with E-state index in [0.717, 1.165) is 0 Å². The number of likely N-dealkylation sites (N-methyl/N-ethyl adjacent to an activating group) is 1. The molecule has 2 rings (SSSR count). The van der Waals surface area contributed by atoms with Crippen LogP contribution in [0.3, 0.4) is 0 Å². The summed E-state index contributed by atoms with van der Waals surface area (Å²) in [6.07, 6.45) is 1.58. The Labute approximate surface area is 110 Å². The van der Waals surface area contributed by atoms with E-state index in [1.54, 1.807) is 17.2 Å². The highest BCUT2D eigenvalue weighted by Crippen LogP contribution is 2.42. The second-order valence-electron chi connectivity index (χ2n) is 4.07. The van der Waals surface area contributed by atoms with Gasteiger partial charge in [0, 0.05) is 6.54 Å². The van der Waals surface area contributed by atoms with Gasteiger partial charge in [0.15, 0.2) is 0 Å². The summed E-state index contributed by atoms with van der Waals surface area (Å²) in [6.45, 7) is 4.34. The zero-order chi connectivity index (χ0) is 13.1.